The average Bonchev–Trinajstić information content (AvgIpc) is 2.29. The molecule has 0 bridgehead atoms. The van der Waals surface area contributed by atoms with E-state index in [4.69, 9.17) is 5.73 Å². The normalized spacial score (nSPS) is 11.2. The number of benzene rings is 1. The lowest BCUT2D eigenvalue weighted by atomic mass is 10.1. The number of carbonyl (C=O) groups is 2. The van der Waals surface area contributed by atoms with Crippen molar-refractivity contribution in [1.82, 2.24) is 5.32 Å². The first-order valence-electron chi connectivity index (χ1n) is 6.69. The number of para-hydroxylation sites is 1. The standard InChI is InChI=1S/C15H23N3O2/c1-15(2,3)17-9-8-14(20)18-12-7-5-4-6-11(12)10-13(16)19/h4-7,17H,8-10H2,1-3H3,(H2,16,19)(H,18,20). The fourth-order valence-corrected chi connectivity index (χ4v) is 1.75. The third kappa shape index (κ3) is 6.33. The first-order chi connectivity index (χ1) is 9.28. The fraction of sp³-hybridized carbons (Fsp3) is 0.467. The summed E-state index contributed by atoms with van der Waals surface area (Å²) in [7, 11) is 0. The Morgan fingerprint density at radius 3 is 2.45 bits per heavy atom. The maximum absolute atomic E-state index is 11.9. The maximum atomic E-state index is 11.9. The van der Waals surface area contributed by atoms with E-state index in [-0.39, 0.29) is 17.9 Å². The Morgan fingerprint density at radius 1 is 1.20 bits per heavy atom. The van der Waals surface area contributed by atoms with Crippen LogP contribution in [0.5, 0.6) is 0 Å². The second kappa shape index (κ2) is 7.05. The monoisotopic (exact) mass is 277 g/mol. The molecule has 20 heavy (non-hydrogen) atoms. The van der Waals surface area contributed by atoms with Crippen LogP contribution in [0.3, 0.4) is 0 Å². The summed E-state index contributed by atoms with van der Waals surface area (Å²) in [6, 6.07) is 7.18. The fourth-order valence-electron chi connectivity index (χ4n) is 1.75. The van der Waals surface area contributed by atoms with E-state index < -0.39 is 5.91 Å². The number of nitrogens with one attached hydrogen (secondary N) is 2. The molecule has 0 fully saturated rings. The molecule has 2 amide bonds. The topological polar surface area (TPSA) is 84.2 Å². The van der Waals surface area contributed by atoms with Crippen molar-refractivity contribution in [3.8, 4) is 0 Å². The lowest BCUT2D eigenvalue weighted by molar-refractivity contribution is -0.118. The van der Waals surface area contributed by atoms with Crippen LogP contribution in [0.25, 0.3) is 0 Å². The Labute approximate surface area is 119 Å². The van der Waals surface area contributed by atoms with Gasteiger partial charge in [0.25, 0.3) is 0 Å². The molecule has 0 atom stereocenters. The molecule has 0 radical (unpaired) electrons. The Hall–Kier alpha value is -1.88. The number of anilines is 1. The average molecular weight is 277 g/mol. The molecule has 0 aliphatic rings. The highest BCUT2D eigenvalue weighted by Gasteiger charge is 2.11. The quantitative estimate of drug-likeness (QED) is 0.735. The summed E-state index contributed by atoms with van der Waals surface area (Å²) < 4.78 is 0. The van der Waals surface area contributed by atoms with E-state index in [1.807, 2.05) is 32.9 Å². The van der Waals surface area contributed by atoms with Crippen molar-refractivity contribution in [3.05, 3.63) is 29.8 Å². The van der Waals surface area contributed by atoms with E-state index in [1.54, 1.807) is 12.1 Å². The summed E-state index contributed by atoms with van der Waals surface area (Å²) in [6.45, 7) is 6.75. The zero-order valence-electron chi connectivity index (χ0n) is 12.3. The van der Waals surface area contributed by atoms with E-state index in [0.717, 1.165) is 5.56 Å². The van der Waals surface area contributed by atoms with Crippen LogP contribution in [0.4, 0.5) is 5.69 Å². The minimum Gasteiger partial charge on any atom is -0.369 e. The van der Waals surface area contributed by atoms with Crippen LogP contribution >= 0.6 is 0 Å². The Morgan fingerprint density at radius 2 is 1.85 bits per heavy atom. The smallest absolute Gasteiger partial charge is 0.225 e. The zero-order chi connectivity index (χ0) is 15.2. The van der Waals surface area contributed by atoms with Gasteiger partial charge in [0.1, 0.15) is 0 Å². The van der Waals surface area contributed by atoms with Crippen molar-refractivity contribution in [2.24, 2.45) is 5.73 Å². The van der Waals surface area contributed by atoms with Gasteiger partial charge in [0.2, 0.25) is 11.8 Å². The molecule has 0 unspecified atom stereocenters. The largest absolute Gasteiger partial charge is 0.369 e. The summed E-state index contributed by atoms with van der Waals surface area (Å²) in [4.78, 5) is 22.9. The number of amides is 2. The summed E-state index contributed by atoms with van der Waals surface area (Å²) in [6.07, 6.45) is 0.499. The summed E-state index contributed by atoms with van der Waals surface area (Å²) in [5.74, 6) is -0.500. The number of rotatable bonds is 6. The SMILES string of the molecule is CC(C)(C)NCCC(=O)Nc1ccccc1CC(N)=O. The molecule has 4 N–H and O–H groups in total. The summed E-state index contributed by atoms with van der Waals surface area (Å²) >= 11 is 0. The molecule has 0 aliphatic heterocycles. The van der Waals surface area contributed by atoms with Crippen molar-refractivity contribution < 1.29 is 9.59 Å². The lowest BCUT2D eigenvalue weighted by Gasteiger charge is -2.20. The molecule has 0 aliphatic carbocycles. The molecular formula is C15H23N3O2. The van der Waals surface area contributed by atoms with Crippen LogP contribution in [-0.2, 0) is 16.0 Å². The second-order valence-electron chi connectivity index (χ2n) is 5.78. The van der Waals surface area contributed by atoms with Crippen molar-refractivity contribution in [3.63, 3.8) is 0 Å². The second-order valence-corrected chi connectivity index (χ2v) is 5.78. The number of hydrogen-bond acceptors (Lipinski definition) is 3. The van der Waals surface area contributed by atoms with Crippen molar-refractivity contribution in [2.45, 2.75) is 39.2 Å². The van der Waals surface area contributed by atoms with Gasteiger partial charge < -0.3 is 16.4 Å². The molecule has 110 valence electrons. The zero-order valence-corrected chi connectivity index (χ0v) is 12.3. The van der Waals surface area contributed by atoms with Gasteiger partial charge in [-0.1, -0.05) is 18.2 Å². The van der Waals surface area contributed by atoms with E-state index in [0.29, 0.717) is 18.7 Å². The van der Waals surface area contributed by atoms with Crippen LogP contribution in [-0.4, -0.2) is 23.9 Å². The maximum Gasteiger partial charge on any atom is 0.225 e. The van der Waals surface area contributed by atoms with Crippen LogP contribution in [0, 0.1) is 0 Å². The molecule has 0 saturated carbocycles. The number of primary amides is 1. The van der Waals surface area contributed by atoms with Gasteiger partial charge in [0.15, 0.2) is 0 Å². The number of hydrogen-bond donors (Lipinski definition) is 3. The molecule has 1 aromatic carbocycles. The van der Waals surface area contributed by atoms with Gasteiger partial charge in [-0.2, -0.15) is 0 Å². The number of carbonyl (C=O) groups excluding carboxylic acids is 2. The lowest BCUT2D eigenvalue weighted by Crippen LogP contribution is -2.37. The molecular weight excluding hydrogens is 254 g/mol. The van der Waals surface area contributed by atoms with Gasteiger partial charge in [0, 0.05) is 24.2 Å². The minimum absolute atomic E-state index is 0.00977. The third-order valence-corrected chi connectivity index (χ3v) is 2.66. The molecule has 0 spiro atoms. The van der Waals surface area contributed by atoms with E-state index in [1.165, 1.54) is 0 Å². The van der Waals surface area contributed by atoms with Crippen molar-refractivity contribution in [2.75, 3.05) is 11.9 Å². The van der Waals surface area contributed by atoms with E-state index in [2.05, 4.69) is 10.6 Å². The molecule has 0 aromatic heterocycles. The van der Waals surface area contributed by atoms with Gasteiger partial charge >= 0.3 is 0 Å². The number of nitrogens with two attached hydrogens (primary N) is 1. The van der Waals surface area contributed by atoms with Crippen LogP contribution in [0.2, 0.25) is 0 Å². The van der Waals surface area contributed by atoms with Gasteiger partial charge in [-0.3, -0.25) is 9.59 Å². The Balaban J connectivity index is 2.55. The van der Waals surface area contributed by atoms with Gasteiger partial charge in [-0.25, -0.2) is 0 Å². The summed E-state index contributed by atoms with van der Waals surface area (Å²) in [5, 5.41) is 6.07. The van der Waals surface area contributed by atoms with Crippen LogP contribution < -0.4 is 16.4 Å². The van der Waals surface area contributed by atoms with Gasteiger partial charge in [0.05, 0.1) is 6.42 Å². The summed E-state index contributed by atoms with van der Waals surface area (Å²) in [5.41, 5.74) is 6.56. The predicted octanol–water partition coefficient (Wildman–Crippen LogP) is 1.43. The van der Waals surface area contributed by atoms with Crippen molar-refractivity contribution >= 4 is 17.5 Å². The molecule has 0 saturated heterocycles. The molecule has 1 aromatic rings. The van der Waals surface area contributed by atoms with E-state index in [9.17, 15) is 9.59 Å². The highest BCUT2D eigenvalue weighted by Crippen LogP contribution is 2.15. The molecule has 0 heterocycles. The Kier molecular flexibility index (Phi) is 5.70. The first-order valence-corrected chi connectivity index (χ1v) is 6.69. The predicted molar refractivity (Wildman–Crippen MR) is 80.3 cm³/mol. The van der Waals surface area contributed by atoms with Crippen LogP contribution in [0.15, 0.2) is 24.3 Å². The highest BCUT2D eigenvalue weighted by molar-refractivity contribution is 5.92. The molecule has 1 rings (SSSR count). The molecule has 5 nitrogen and oxygen atoms in total. The van der Waals surface area contributed by atoms with E-state index >= 15 is 0 Å². The van der Waals surface area contributed by atoms with Gasteiger partial charge in [-0.15, -0.1) is 0 Å². The third-order valence-electron chi connectivity index (χ3n) is 2.66. The Bertz CT molecular complexity index is 478. The molecule has 5 heteroatoms. The minimum atomic E-state index is -0.416. The highest BCUT2D eigenvalue weighted by atomic mass is 16.2. The first kappa shape index (κ1) is 16.2. The van der Waals surface area contributed by atoms with Gasteiger partial charge in [-0.05, 0) is 32.4 Å². The van der Waals surface area contributed by atoms with Crippen molar-refractivity contribution in [1.29, 1.82) is 0 Å². The van der Waals surface area contributed by atoms with Crippen LogP contribution in [0.1, 0.15) is 32.8 Å².